The largest absolute Gasteiger partial charge is 0.335 e. The van der Waals surface area contributed by atoms with Crippen molar-refractivity contribution in [3.05, 3.63) is 23.3 Å². The zero-order valence-corrected chi connectivity index (χ0v) is 14.9. The molecule has 3 nitrogen and oxygen atoms in total. The fraction of sp³-hybridized carbons (Fsp3) is 0.684. The number of oxime groups is 1. The van der Waals surface area contributed by atoms with E-state index in [1.165, 1.54) is 36.8 Å². The first-order valence-electron chi connectivity index (χ1n) is 8.58. The molecule has 0 aliphatic heterocycles. The van der Waals surface area contributed by atoms with Crippen LogP contribution in [-0.4, -0.2) is 12.2 Å². The molecule has 22 heavy (non-hydrogen) atoms. The summed E-state index contributed by atoms with van der Waals surface area (Å²) in [6.07, 6.45) is 15.2. The van der Waals surface area contributed by atoms with Crippen LogP contribution in [0.3, 0.4) is 0 Å². The van der Waals surface area contributed by atoms with Crippen molar-refractivity contribution in [2.24, 2.45) is 5.16 Å². The summed E-state index contributed by atoms with van der Waals surface area (Å²) in [5.74, 6) is -0.234. The first kappa shape index (κ1) is 20.6. The number of rotatable bonds is 12. The average molecular weight is 307 g/mol. The highest BCUT2D eigenvalue weighted by Gasteiger charge is 2.01. The quantitative estimate of drug-likeness (QED) is 0.147. The maximum absolute atomic E-state index is 11.5. The van der Waals surface area contributed by atoms with Crippen molar-refractivity contribution >= 4 is 12.2 Å². The van der Waals surface area contributed by atoms with E-state index >= 15 is 0 Å². The summed E-state index contributed by atoms with van der Waals surface area (Å²) < 4.78 is 0. The monoisotopic (exact) mass is 307 g/mol. The molecule has 0 spiro atoms. The van der Waals surface area contributed by atoms with E-state index in [2.05, 4.69) is 38.9 Å². The van der Waals surface area contributed by atoms with Crippen LogP contribution in [-0.2, 0) is 9.63 Å². The van der Waals surface area contributed by atoms with E-state index in [0.29, 0.717) is 6.42 Å². The molecule has 0 heterocycles. The van der Waals surface area contributed by atoms with Gasteiger partial charge in [-0.1, -0.05) is 61.4 Å². The normalized spacial score (nSPS) is 11.7. The van der Waals surface area contributed by atoms with Crippen molar-refractivity contribution in [1.29, 1.82) is 0 Å². The van der Waals surface area contributed by atoms with Crippen LogP contribution in [0.15, 0.2) is 28.5 Å². The van der Waals surface area contributed by atoms with Crippen LogP contribution >= 0.6 is 0 Å². The Labute approximate surface area is 136 Å². The van der Waals surface area contributed by atoms with Crippen LogP contribution in [0.2, 0.25) is 0 Å². The molecule has 0 aromatic heterocycles. The van der Waals surface area contributed by atoms with Gasteiger partial charge in [0.05, 0.1) is 6.21 Å². The topological polar surface area (TPSA) is 38.7 Å². The highest BCUT2D eigenvalue weighted by Crippen LogP contribution is 2.08. The van der Waals surface area contributed by atoms with Gasteiger partial charge < -0.3 is 4.84 Å². The molecule has 126 valence electrons. The number of carbonyl (C=O) groups is 1. The molecule has 0 aliphatic rings. The minimum Gasteiger partial charge on any atom is -0.318 e. The maximum atomic E-state index is 11.5. The summed E-state index contributed by atoms with van der Waals surface area (Å²) in [6.45, 7) is 8.46. The lowest BCUT2D eigenvalue weighted by molar-refractivity contribution is -0.143. The van der Waals surface area contributed by atoms with Gasteiger partial charge in [0.25, 0.3) is 0 Å². The minimum atomic E-state index is -0.234. The predicted molar refractivity (Wildman–Crippen MR) is 95.0 cm³/mol. The molecule has 0 bridgehead atoms. The summed E-state index contributed by atoms with van der Waals surface area (Å²) in [6, 6.07) is 0. The van der Waals surface area contributed by atoms with Gasteiger partial charge in [0.15, 0.2) is 0 Å². The molecular weight excluding hydrogens is 274 g/mol. The second-order valence-corrected chi connectivity index (χ2v) is 6.07. The molecule has 0 fully saturated rings. The van der Waals surface area contributed by atoms with Gasteiger partial charge in [-0.2, -0.15) is 0 Å². The third kappa shape index (κ3) is 15.0. The molecule has 0 amide bonds. The molecule has 0 radical (unpaired) electrons. The Morgan fingerprint density at radius 2 is 1.68 bits per heavy atom. The lowest BCUT2D eigenvalue weighted by Crippen LogP contribution is -1.99. The number of unbranched alkanes of at least 4 members (excludes halogenated alkanes) is 5. The standard InChI is InChI=1S/C19H33NO2/c1-5-6-7-8-9-10-14-19(21)22-20-16-15-18(4)13-11-12-17(2)3/h12,15-16H,5-11,13-14H2,1-4H3. The van der Waals surface area contributed by atoms with Crippen LogP contribution in [0, 0.1) is 0 Å². The van der Waals surface area contributed by atoms with Crippen LogP contribution in [0.4, 0.5) is 0 Å². The number of nitrogens with zero attached hydrogens (tertiary/aromatic N) is 1. The van der Waals surface area contributed by atoms with Gasteiger partial charge >= 0.3 is 5.97 Å². The van der Waals surface area contributed by atoms with Gasteiger partial charge in [-0.25, -0.2) is 4.79 Å². The van der Waals surface area contributed by atoms with Crippen molar-refractivity contribution in [3.63, 3.8) is 0 Å². The van der Waals surface area contributed by atoms with E-state index in [9.17, 15) is 4.79 Å². The number of hydrogen-bond donors (Lipinski definition) is 0. The van der Waals surface area contributed by atoms with Gasteiger partial charge in [0, 0.05) is 6.42 Å². The van der Waals surface area contributed by atoms with Gasteiger partial charge in [0.1, 0.15) is 0 Å². The van der Waals surface area contributed by atoms with Crippen molar-refractivity contribution in [2.45, 2.75) is 85.5 Å². The van der Waals surface area contributed by atoms with E-state index in [-0.39, 0.29) is 5.97 Å². The Morgan fingerprint density at radius 3 is 2.36 bits per heavy atom. The van der Waals surface area contributed by atoms with E-state index in [0.717, 1.165) is 25.7 Å². The Kier molecular flexibility index (Phi) is 13.6. The van der Waals surface area contributed by atoms with E-state index in [1.54, 1.807) is 6.21 Å². The summed E-state index contributed by atoms with van der Waals surface area (Å²) >= 11 is 0. The Morgan fingerprint density at radius 1 is 1.00 bits per heavy atom. The lowest BCUT2D eigenvalue weighted by atomic mass is 10.1. The van der Waals surface area contributed by atoms with E-state index in [1.807, 2.05) is 6.08 Å². The zero-order chi connectivity index (χ0) is 16.6. The van der Waals surface area contributed by atoms with Crippen LogP contribution in [0.25, 0.3) is 0 Å². The summed E-state index contributed by atoms with van der Waals surface area (Å²) in [5.41, 5.74) is 2.57. The first-order chi connectivity index (χ1) is 10.6. The first-order valence-corrected chi connectivity index (χ1v) is 8.58. The molecule has 0 aromatic carbocycles. The second kappa shape index (κ2) is 14.6. The molecule has 0 aromatic rings. The van der Waals surface area contributed by atoms with Gasteiger partial charge in [-0.15, -0.1) is 0 Å². The van der Waals surface area contributed by atoms with Gasteiger partial charge in [0.2, 0.25) is 0 Å². The van der Waals surface area contributed by atoms with Gasteiger partial charge in [-0.3, -0.25) is 0 Å². The smallest absolute Gasteiger partial charge is 0.318 e. The zero-order valence-electron chi connectivity index (χ0n) is 14.9. The highest BCUT2D eigenvalue weighted by atomic mass is 16.7. The molecular formula is C19H33NO2. The molecule has 0 N–H and O–H groups in total. The highest BCUT2D eigenvalue weighted by molar-refractivity contribution is 5.74. The molecule has 0 rings (SSSR count). The molecule has 0 aliphatic carbocycles. The average Bonchev–Trinajstić information content (AvgIpc) is 2.47. The van der Waals surface area contributed by atoms with Crippen LogP contribution < -0.4 is 0 Å². The third-order valence-corrected chi connectivity index (χ3v) is 3.40. The fourth-order valence-electron chi connectivity index (χ4n) is 2.01. The second-order valence-electron chi connectivity index (χ2n) is 6.07. The van der Waals surface area contributed by atoms with Crippen LogP contribution in [0.1, 0.15) is 85.5 Å². The molecule has 0 saturated carbocycles. The summed E-state index contributed by atoms with van der Waals surface area (Å²) in [7, 11) is 0. The van der Waals surface area contributed by atoms with E-state index < -0.39 is 0 Å². The summed E-state index contributed by atoms with van der Waals surface area (Å²) in [5, 5.41) is 3.72. The SMILES string of the molecule is CCCCCCCCC(=O)ON=CC=C(C)CCC=C(C)C. The Bertz CT molecular complexity index is 377. The molecule has 0 atom stereocenters. The third-order valence-electron chi connectivity index (χ3n) is 3.40. The lowest BCUT2D eigenvalue weighted by Gasteiger charge is -1.99. The van der Waals surface area contributed by atoms with Crippen LogP contribution in [0.5, 0.6) is 0 Å². The molecule has 0 saturated heterocycles. The van der Waals surface area contributed by atoms with Crippen molar-refractivity contribution in [1.82, 2.24) is 0 Å². The van der Waals surface area contributed by atoms with Crippen molar-refractivity contribution < 1.29 is 9.63 Å². The number of allylic oxidation sites excluding steroid dienone is 4. The Hall–Kier alpha value is -1.38. The van der Waals surface area contributed by atoms with E-state index in [4.69, 9.17) is 4.84 Å². The number of hydrogen-bond acceptors (Lipinski definition) is 3. The maximum Gasteiger partial charge on any atom is 0.335 e. The van der Waals surface area contributed by atoms with Crippen molar-refractivity contribution in [3.8, 4) is 0 Å². The minimum absolute atomic E-state index is 0.234. The fourth-order valence-corrected chi connectivity index (χ4v) is 2.01. The predicted octanol–water partition coefficient (Wildman–Crippen LogP) is 5.96. The van der Waals surface area contributed by atoms with Crippen molar-refractivity contribution in [2.75, 3.05) is 0 Å². The Balaban J connectivity index is 3.69. The summed E-state index contributed by atoms with van der Waals surface area (Å²) in [4.78, 5) is 16.3. The molecule has 3 heteroatoms. The molecule has 0 unspecified atom stereocenters. The number of carbonyl (C=O) groups excluding carboxylic acids is 1. The van der Waals surface area contributed by atoms with Gasteiger partial charge in [-0.05, 0) is 46.1 Å².